The third-order valence-electron chi connectivity index (χ3n) is 3.50. The molecule has 0 aromatic heterocycles. The molecule has 0 fully saturated rings. The fraction of sp³-hybridized carbons (Fsp3) is 0.235. The standard InChI is InChI=1S/C17H20N2S/c1-12-6-3-4-8-14(12)10-11-19-16-13(2)7-5-9-15(16)17(18)20/h3-9,19H,10-11H2,1-2H3,(H2,18,20). The van der Waals surface area contributed by atoms with E-state index in [1.54, 1.807) is 0 Å². The zero-order valence-electron chi connectivity index (χ0n) is 11.9. The first kappa shape index (κ1) is 14.5. The van der Waals surface area contributed by atoms with Crippen LogP contribution in [0.15, 0.2) is 42.5 Å². The van der Waals surface area contributed by atoms with Crippen LogP contribution in [0.1, 0.15) is 22.3 Å². The van der Waals surface area contributed by atoms with Crippen LogP contribution < -0.4 is 11.1 Å². The summed E-state index contributed by atoms with van der Waals surface area (Å²) in [5, 5.41) is 3.47. The van der Waals surface area contributed by atoms with E-state index in [0.717, 1.165) is 24.2 Å². The van der Waals surface area contributed by atoms with E-state index >= 15 is 0 Å². The van der Waals surface area contributed by atoms with Gasteiger partial charge in [-0.05, 0) is 43.0 Å². The number of rotatable bonds is 5. The first-order valence-electron chi connectivity index (χ1n) is 6.77. The largest absolute Gasteiger partial charge is 0.389 e. The van der Waals surface area contributed by atoms with Crippen molar-refractivity contribution < 1.29 is 0 Å². The van der Waals surface area contributed by atoms with E-state index in [1.807, 2.05) is 12.1 Å². The van der Waals surface area contributed by atoms with Crippen molar-refractivity contribution >= 4 is 22.9 Å². The Morgan fingerprint density at radius 3 is 2.45 bits per heavy atom. The maximum atomic E-state index is 5.78. The quantitative estimate of drug-likeness (QED) is 0.824. The fourth-order valence-corrected chi connectivity index (χ4v) is 2.49. The summed E-state index contributed by atoms with van der Waals surface area (Å²) in [4.78, 5) is 0.437. The molecular weight excluding hydrogens is 264 g/mol. The Morgan fingerprint density at radius 2 is 1.75 bits per heavy atom. The summed E-state index contributed by atoms with van der Waals surface area (Å²) in [6.45, 7) is 5.08. The molecular formula is C17H20N2S. The molecule has 0 unspecified atom stereocenters. The van der Waals surface area contributed by atoms with Crippen LogP contribution >= 0.6 is 12.2 Å². The molecule has 3 N–H and O–H groups in total. The molecule has 2 aromatic carbocycles. The van der Waals surface area contributed by atoms with Crippen LogP contribution in [0.25, 0.3) is 0 Å². The van der Waals surface area contributed by atoms with Gasteiger partial charge in [-0.2, -0.15) is 0 Å². The molecule has 0 saturated carbocycles. The van der Waals surface area contributed by atoms with E-state index in [0.29, 0.717) is 4.99 Å². The lowest BCUT2D eigenvalue weighted by Crippen LogP contribution is -2.15. The summed E-state index contributed by atoms with van der Waals surface area (Å²) < 4.78 is 0. The van der Waals surface area contributed by atoms with E-state index in [4.69, 9.17) is 18.0 Å². The number of nitrogens with one attached hydrogen (secondary N) is 1. The van der Waals surface area contributed by atoms with Crippen LogP contribution in [-0.4, -0.2) is 11.5 Å². The second kappa shape index (κ2) is 6.53. The predicted octanol–water partition coefficient (Wildman–Crippen LogP) is 3.59. The van der Waals surface area contributed by atoms with E-state index in [2.05, 4.69) is 49.5 Å². The topological polar surface area (TPSA) is 38.0 Å². The van der Waals surface area contributed by atoms with Gasteiger partial charge in [-0.15, -0.1) is 0 Å². The number of thiocarbonyl (C=S) groups is 1. The monoisotopic (exact) mass is 284 g/mol. The Labute approximate surface area is 126 Å². The van der Waals surface area contributed by atoms with Crippen molar-refractivity contribution in [1.29, 1.82) is 0 Å². The third kappa shape index (κ3) is 3.36. The maximum Gasteiger partial charge on any atom is 0.106 e. The molecule has 104 valence electrons. The number of hydrogen-bond donors (Lipinski definition) is 2. The first-order chi connectivity index (χ1) is 9.59. The summed E-state index contributed by atoms with van der Waals surface area (Å²) in [6.07, 6.45) is 0.984. The van der Waals surface area contributed by atoms with E-state index in [9.17, 15) is 0 Å². The highest BCUT2D eigenvalue weighted by Gasteiger charge is 2.07. The summed E-state index contributed by atoms with van der Waals surface area (Å²) in [7, 11) is 0. The van der Waals surface area contributed by atoms with Gasteiger partial charge in [0, 0.05) is 17.8 Å². The summed E-state index contributed by atoms with van der Waals surface area (Å²) in [5.41, 5.74) is 11.6. The second-order valence-electron chi connectivity index (χ2n) is 4.96. The molecule has 0 aliphatic rings. The van der Waals surface area contributed by atoms with Gasteiger partial charge in [-0.3, -0.25) is 0 Å². The van der Waals surface area contributed by atoms with Gasteiger partial charge in [0.1, 0.15) is 4.99 Å². The van der Waals surface area contributed by atoms with Gasteiger partial charge >= 0.3 is 0 Å². The van der Waals surface area contributed by atoms with Gasteiger partial charge in [-0.1, -0.05) is 48.6 Å². The Kier molecular flexibility index (Phi) is 4.74. The molecule has 0 heterocycles. The minimum absolute atomic E-state index is 0.437. The van der Waals surface area contributed by atoms with Crippen molar-refractivity contribution in [3.05, 3.63) is 64.7 Å². The Hall–Kier alpha value is -1.87. The number of hydrogen-bond acceptors (Lipinski definition) is 2. The molecule has 0 atom stereocenters. The van der Waals surface area contributed by atoms with E-state index in [-0.39, 0.29) is 0 Å². The lowest BCUT2D eigenvalue weighted by Gasteiger charge is -2.14. The lowest BCUT2D eigenvalue weighted by atomic mass is 10.0. The zero-order chi connectivity index (χ0) is 14.5. The molecule has 2 rings (SSSR count). The van der Waals surface area contributed by atoms with Gasteiger partial charge < -0.3 is 11.1 Å². The number of anilines is 1. The zero-order valence-corrected chi connectivity index (χ0v) is 12.8. The normalized spacial score (nSPS) is 10.3. The molecule has 0 amide bonds. The fourth-order valence-electron chi connectivity index (χ4n) is 2.32. The highest BCUT2D eigenvalue weighted by molar-refractivity contribution is 7.80. The smallest absolute Gasteiger partial charge is 0.106 e. The summed E-state index contributed by atoms with van der Waals surface area (Å²) >= 11 is 5.11. The van der Waals surface area contributed by atoms with Crippen LogP contribution in [-0.2, 0) is 6.42 Å². The number of para-hydroxylation sites is 1. The number of nitrogens with two attached hydrogens (primary N) is 1. The van der Waals surface area contributed by atoms with Gasteiger partial charge in [0.25, 0.3) is 0 Å². The van der Waals surface area contributed by atoms with Crippen LogP contribution in [0.5, 0.6) is 0 Å². The molecule has 0 spiro atoms. The highest BCUT2D eigenvalue weighted by Crippen LogP contribution is 2.20. The van der Waals surface area contributed by atoms with E-state index < -0.39 is 0 Å². The minimum Gasteiger partial charge on any atom is -0.389 e. The Morgan fingerprint density at radius 1 is 1.05 bits per heavy atom. The van der Waals surface area contributed by atoms with Crippen molar-refractivity contribution in [2.24, 2.45) is 5.73 Å². The average molecular weight is 284 g/mol. The third-order valence-corrected chi connectivity index (χ3v) is 3.72. The van der Waals surface area contributed by atoms with E-state index in [1.165, 1.54) is 16.7 Å². The van der Waals surface area contributed by atoms with Crippen molar-refractivity contribution in [2.45, 2.75) is 20.3 Å². The highest BCUT2D eigenvalue weighted by atomic mass is 32.1. The molecule has 2 nitrogen and oxygen atoms in total. The summed E-state index contributed by atoms with van der Waals surface area (Å²) in [6, 6.07) is 14.5. The van der Waals surface area contributed by atoms with Crippen LogP contribution in [0.2, 0.25) is 0 Å². The van der Waals surface area contributed by atoms with Crippen molar-refractivity contribution in [1.82, 2.24) is 0 Å². The maximum absolute atomic E-state index is 5.78. The number of aryl methyl sites for hydroxylation is 2. The molecule has 0 aliphatic heterocycles. The molecule has 2 aromatic rings. The Bertz CT molecular complexity index is 620. The van der Waals surface area contributed by atoms with Crippen LogP contribution in [0.3, 0.4) is 0 Å². The minimum atomic E-state index is 0.437. The molecule has 0 radical (unpaired) electrons. The van der Waals surface area contributed by atoms with Crippen molar-refractivity contribution in [2.75, 3.05) is 11.9 Å². The van der Waals surface area contributed by atoms with Gasteiger partial charge in [-0.25, -0.2) is 0 Å². The molecule has 20 heavy (non-hydrogen) atoms. The molecule has 3 heteroatoms. The molecule has 0 saturated heterocycles. The Balaban J connectivity index is 2.08. The molecule has 0 bridgehead atoms. The van der Waals surface area contributed by atoms with Crippen LogP contribution in [0, 0.1) is 13.8 Å². The van der Waals surface area contributed by atoms with Gasteiger partial charge in [0.15, 0.2) is 0 Å². The van der Waals surface area contributed by atoms with Crippen molar-refractivity contribution in [3.63, 3.8) is 0 Å². The first-order valence-corrected chi connectivity index (χ1v) is 7.18. The summed E-state index contributed by atoms with van der Waals surface area (Å²) in [5.74, 6) is 0. The lowest BCUT2D eigenvalue weighted by molar-refractivity contribution is 1.00. The SMILES string of the molecule is Cc1ccccc1CCNc1c(C)cccc1C(N)=S. The number of benzene rings is 2. The molecule has 0 aliphatic carbocycles. The van der Waals surface area contributed by atoms with Gasteiger partial charge in [0.2, 0.25) is 0 Å². The predicted molar refractivity (Wildman–Crippen MR) is 90.4 cm³/mol. The van der Waals surface area contributed by atoms with Crippen molar-refractivity contribution in [3.8, 4) is 0 Å². The average Bonchev–Trinajstić information content (AvgIpc) is 2.42. The second-order valence-corrected chi connectivity index (χ2v) is 5.40. The van der Waals surface area contributed by atoms with Crippen LogP contribution in [0.4, 0.5) is 5.69 Å². The van der Waals surface area contributed by atoms with Gasteiger partial charge in [0.05, 0.1) is 0 Å².